The molecule has 1 atom stereocenters. The van der Waals surface area contributed by atoms with Gasteiger partial charge in [0.2, 0.25) is 0 Å². The second-order valence-electron chi connectivity index (χ2n) is 7.90. The second-order valence-corrected chi connectivity index (χ2v) is 8.34. The van der Waals surface area contributed by atoms with E-state index in [0.717, 1.165) is 4.68 Å². The fraction of sp³-hybridized carbons (Fsp3) is 0.217. The van der Waals surface area contributed by atoms with E-state index in [-0.39, 0.29) is 30.3 Å². The van der Waals surface area contributed by atoms with E-state index in [1.54, 1.807) is 18.2 Å². The number of nitrogens with one attached hydrogen (secondary N) is 1. The quantitative estimate of drug-likeness (QED) is 0.322. The number of nitriles is 1. The van der Waals surface area contributed by atoms with Gasteiger partial charge in [-0.25, -0.2) is 19.1 Å². The van der Waals surface area contributed by atoms with Crippen molar-refractivity contribution in [2.75, 3.05) is 6.54 Å². The summed E-state index contributed by atoms with van der Waals surface area (Å²) in [5.41, 5.74) is -0.0668. The van der Waals surface area contributed by atoms with Gasteiger partial charge in [0.25, 0.3) is 5.91 Å². The number of hydrogen-bond acceptors (Lipinski definition) is 7. The van der Waals surface area contributed by atoms with Gasteiger partial charge < -0.3 is 10.4 Å². The summed E-state index contributed by atoms with van der Waals surface area (Å²) in [6.45, 7) is -1.59. The number of halogens is 4. The van der Waals surface area contributed by atoms with E-state index in [9.17, 15) is 27.9 Å². The number of carbonyl (C=O) groups is 1. The van der Waals surface area contributed by atoms with Crippen molar-refractivity contribution in [2.45, 2.75) is 25.4 Å². The first-order valence-corrected chi connectivity index (χ1v) is 11.3. The minimum Gasteiger partial charge on any atom is -0.382 e. The highest BCUT2D eigenvalue weighted by Crippen LogP contribution is 2.24. The Balaban J connectivity index is 1.68. The molecule has 0 fully saturated rings. The molecule has 2 N–H and O–H groups in total. The third-order valence-corrected chi connectivity index (χ3v) is 5.56. The van der Waals surface area contributed by atoms with Crippen LogP contribution in [0.3, 0.4) is 0 Å². The Morgan fingerprint density at radius 3 is 2.55 bits per heavy atom. The smallest absolute Gasteiger partial charge is 0.382 e. The van der Waals surface area contributed by atoms with Crippen LogP contribution in [0.15, 0.2) is 59.7 Å². The summed E-state index contributed by atoms with van der Waals surface area (Å²) in [5, 5.41) is 29.6. The van der Waals surface area contributed by atoms with Gasteiger partial charge in [-0.15, -0.1) is 10.2 Å². The molecule has 15 heteroatoms. The first-order valence-electron chi connectivity index (χ1n) is 10.9. The van der Waals surface area contributed by atoms with Gasteiger partial charge in [-0.2, -0.15) is 18.4 Å². The van der Waals surface area contributed by atoms with E-state index in [0.29, 0.717) is 20.8 Å². The Morgan fingerprint density at radius 1 is 1.16 bits per heavy atom. The van der Waals surface area contributed by atoms with E-state index in [2.05, 4.69) is 20.5 Å². The molecule has 2 aromatic carbocycles. The van der Waals surface area contributed by atoms with Crippen molar-refractivity contribution in [1.82, 2.24) is 34.4 Å². The number of para-hydroxylation sites is 1. The first kappa shape index (κ1) is 26.6. The Morgan fingerprint density at radius 2 is 1.87 bits per heavy atom. The maximum atomic E-state index is 13.1. The molecule has 11 nitrogen and oxygen atoms in total. The molecule has 0 bridgehead atoms. The van der Waals surface area contributed by atoms with Gasteiger partial charge >= 0.3 is 11.9 Å². The lowest BCUT2D eigenvalue weighted by molar-refractivity contribution is -0.207. The van der Waals surface area contributed by atoms with Crippen LogP contribution in [0.25, 0.3) is 17.1 Å². The molecule has 0 spiro atoms. The van der Waals surface area contributed by atoms with E-state index >= 15 is 0 Å². The minimum atomic E-state index is -4.95. The van der Waals surface area contributed by atoms with Crippen LogP contribution in [-0.4, -0.2) is 59.0 Å². The maximum Gasteiger partial charge on any atom is 0.416 e. The number of nitrogens with zero attached hydrogens (tertiary/aromatic N) is 7. The van der Waals surface area contributed by atoms with Gasteiger partial charge in [-0.3, -0.25) is 9.36 Å². The number of aliphatic hydroxyl groups is 1. The second kappa shape index (κ2) is 10.9. The normalized spacial score (nSPS) is 12.2. The van der Waals surface area contributed by atoms with Crippen molar-refractivity contribution in [3.63, 3.8) is 0 Å². The van der Waals surface area contributed by atoms with Crippen molar-refractivity contribution in [3.8, 4) is 23.1 Å². The molecular weight excluding hydrogens is 529 g/mol. The van der Waals surface area contributed by atoms with Crippen molar-refractivity contribution in [3.05, 3.63) is 81.8 Å². The third kappa shape index (κ3) is 5.74. The number of hydrogen-bond donors (Lipinski definition) is 2. The van der Waals surface area contributed by atoms with E-state index in [4.69, 9.17) is 16.9 Å². The van der Waals surface area contributed by atoms with Crippen LogP contribution in [0.2, 0.25) is 5.02 Å². The van der Waals surface area contributed by atoms with E-state index in [1.165, 1.54) is 41.3 Å². The number of aliphatic hydroxyl groups excluding tert-OH is 1. The molecule has 2 heterocycles. The molecule has 196 valence electrons. The highest BCUT2D eigenvalue weighted by molar-refractivity contribution is 6.30. The number of aromatic nitrogens is 6. The number of carbonyl (C=O) groups excluding carboxylic acids is 1. The van der Waals surface area contributed by atoms with Crippen LogP contribution in [0, 0.1) is 11.3 Å². The zero-order chi connectivity index (χ0) is 27.4. The topological polar surface area (TPSA) is 144 Å². The fourth-order valence-corrected chi connectivity index (χ4v) is 3.62. The summed E-state index contributed by atoms with van der Waals surface area (Å²) >= 11 is 5.89. The fourth-order valence-electron chi connectivity index (χ4n) is 3.50. The van der Waals surface area contributed by atoms with Crippen molar-refractivity contribution >= 4 is 17.5 Å². The zero-order valence-electron chi connectivity index (χ0n) is 19.3. The van der Waals surface area contributed by atoms with Crippen LogP contribution in [-0.2, 0) is 13.1 Å². The molecule has 4 rings (SSSR count). The molecule has 4 aromatic rings. The summed E-state index contributed by atoms with van der Waals surface area (Å²) in [4.78, 5) is 29.6. The average Bonchev–Trinajstić information content (AvgIpc) is 3.47. The SMILES string of the molecule is N#CCNC(=O)c1ccccc1-n1cnc(Cn2nc(-c3ccc(Cl)cc3)n(CC(O)C(F)(F)F)c2=O)n1. The van der Waals surface area contributed by atoms with Crippen molar-refractivity contribution in [1.29, 1.82) is 5.26 Å². The lowest BCUT2D eigenvalue weighted by Gasteiger charge is -2.15. The molecule has 1 amide bonds. The van der Waals surface area contributed by atoms with Crippen LogP contribution < -0.4 is 11.0 Å². The van der Waals surface area contributed by atoms with Gasteiger partial charge in [0.1, 0.15) is 19.4 Å². The number of amides is 1. The molecule has 0 saturated heterocycles. The van der Waals surface area contributed by atoms with Gasteiger partial charge in [-0.1, -0.05) is 23.7 Å². The number of benzene rings is 2. The largest absolute Gasteiger partial charge is 0.416 e. The van der Waals surface area contributed by atoms with Crippen molar-refractivity contribution in [2.24, 2.45) is 0 Å². The molecule has 1 unspecified atom stereocenters. The minimum absolute atomic E-state index is 0.0722. The summed E-state index contributed by atoms with van der Waals surface area (Å²) in [6.07, 6.45) is -6.46. The molecule has 0 aliphatic rings. The summed E-state index contributed by atoms with van der Waals surface area (Å²) in [7, 11) is 0. The first-order chi connectivity index (χ1) is 18.1. The molecule has 0 saturated carbocycles. The Hall–Kier alpha value is -4.48. The summed E-state index contributed by atoms with van der Waals surface area (Å²) < 4.78 is 42.0. The molecular formula is C23H18ClF3N8O3. The lowest BCUT2D eigenvalue weighted by Crippen LogP contribution is -2.37. The number of rotatable bonds is 8. The van der Waals surface area contributed by atoms with Gasteiger partial charge in [0.05, 0.1) is 23.9 Å². The monoisotopic (exact) mass is 546 g/mol. The summed E-state index contributed by atoms with van der Waals surface area (Å²) in [5.74, 6) is -0.554. The number of alkyl halides is 3. The highest BCUT2D eigenvalue weighted by atomic mass is 35.5. The molecule has 2 aromatic heterocycles. The van der Waals surface area contributed by atoms with Crippen LogP contribution >= 0.6 is 11.6 Å². The van der Waals surface area contributed by atoms with Crippen LogP contribution in [0.1, 0.15) is 16.2 Å². The molecule has 38 heavy (non-hydrogen) atoms. The zero-order valence-corrected chi connectivity index (χ0v) is 20.1. The molecule has 0 aliphatic heterocycles. The highest BCUT2D eigenvalue weighted by Gasteiger charge is 2.39. The third-order valence-electron chi connectivity index (χ3n) is 5.31. The van der Waals surface area contributed by atoms with Crippen LogP contribution in [0.4, 0.5) is 13.2 Å². The molecule has 0 aliphatic carbocycles. The predicted molar refractivity (Wildman–Crippen MR) is 127 cm³/mol. The van der Waals surface area contributed by atoms with E-state index in [1.807, 2.05) is 6.07 Å². The Kier molecular flexibility index (Phi) is 7.60. The average molecular weight is 547 g/mol. The van der Waals surface area contributed by atoms with Gasteiger partial charge in [0, 0.05) is 10.6 Å². The van der Waals surface area contributed by atoms with E-state index < -0.39 is 30.4 Å². The summed E-state index contributed by atoms with van der Waals surface area (Å²) in [6, 6.07) is 14.1. The predicted octanol–water partition coefficient (Wildman–Crippen LogP) is 2.17. The standard InChI is InChI=1S/C23H18ClF3N8O3/c24-15-7-5-14(6-8-15)20-32-34(22(38)33(20)11-18(36)23(25,26)27)12-19-30-13-35(31-19)17-4-2-1-3-16(17)21(37)29-10-9-28/h1-8,13,18,36H,10-12H2,(H,29,37). The Bertz CT molecular complexity index is 1550. The Labute approximate surface area is 217 Å². The maximum absolute atomic E-state index is 13.1. The van der Waals surface area contributed by atoms with Crippen molar-refractivity contribution < 1.29 is 23.1 Å². The van der Waals surface area contributed by atoms with Gasteiger partial charge in [-0.05, 0) is 36.4 Å². The van der Waals surface area contributed by atoms with Gasteiger partial charge in [0.15, 0.2) is 17.8 Å². The molecule has 0 radical (unpaired) electrons. The van der Waals surface area contributed by atoms with Crippen LogP contribution in [0.5, 0.6) is 0 Å². The lowest BCUT2D eigenvalue weighted by atomic mass is 10.1.